The number of ether oxygens (including phenoxy) is 1. The van der Waals surface area contributed by atoms with Gasteiger partial charge in [-0.15, -0.1) is 0 Å². The predicted octanol–water partition coefficient (Wildman–Crippen LogP) is 12.6. The largest absolute Gasteiger partial charge is 0.498 e. The standard InChI is InChI=1S/C18H18O.C16H28O.C6H14/c1-13(19)14-5-7-17(8-6-14)18-11-9-16(10-12-18)15-3-2-4-15;1-14(16-11-7-12-16)17-13-5-3-2-4-8-15-9-6-10-15;1-3-5-6-4-2/h5-12,15H,2-4H2,1H3;15H,2-13H2,1H3;3-6H2,1-2H3. The van der Waals surface area contributed by atoms with Crippen LogP contribution >= 0.6 is 0 Å². The summed E-state index contributed by atoms with van der Waals surface area (Å²) in [6.45, 7) is 9.15. The Morgan fingerprint density at radius 1 is 0.690 bits per heavy atom. The minimum atomic E-state index is 0.117. The van der Waals surface area contributed by atoms with Crippen molar-refractivity contribution in [1.82, 2.24) is 0 Å². The molecule has 0 aromatic heterocycles. The van der Waals surface area contributed by atoms with Crippen molar-refractivity contribution in [3.63, 3.8) is 0 Å². The molecule has 0 atom stereocenters. The topological polar surface area (TPSA) is 26.3 Å². The lowest BCUT2D eigenvalue weighted by atomic mass is 9.80. The summed E-state index contributed by atoms with van der Waals surface area (Å²) in [5.41, 5.74) is 6.20. The fourth-order valence-corrected chi connectivity index (χ4v) is 5.79. The fraction of sp³-hybridized carbons (Fsp3) is 0.625. The molecule has 0 bridgehead atoms. The molecule has 0 N–H and O–H groups in total. The molecule has 3 fully saturated rings. The van der Waals surface area contributed by atoms with Gasteiger partial charge in [0.25, 0.3) is 0 Å². The molecule has 232 valence electrons. The van der Waals surface area contributed by atoms with Gasteiger partial charge in [-0.3, -0.25) is 4.79 Å². The molecule has 0 saturated heterocycles. The molecule has 0 radical (unpaired) electrons. The van der Waals surface area contributed by atoms with Gasteiger partial charge in [0.2, 0.25) is 0 Å². The predicted molar refractivity (Wildman–Crippen MR) is 181 cm³/mol. The van der Waals surface area contributed by atoms with Crippen molar-refractivity contribution >= 4 is 5.78 Å². The zero-order valence-corrected chi connectivity index (χ0v) is 27.5. The highest BCUT2D eigenvalue weighted by atomic mass is 16.5. The van der Waals surface area contributed by atoms with E-state index >= 15 is 0 Å². The fourth-order valence-electron chi connectivity index (χ4n) is 5.79. The van der Waals surface area contributed by atoms with Crippen LogP contribution in [-0.2, 0) is 4.74 Å². The SMILES string of the molecule is CC(=O)c1ccc(-c2ccc(C3CCC3)cc2)cc1.CC(OCCCCCCC1CCC1)=C1CCC1.CCCCCC. The maximum atomic E-state index is 11.3. The van der Waals surface area contributed by atoms with Crippen molar-refractivity contribution in [2.24, 2.45) is 5.92 Å². The Balaban J connectivity index is 0.000000195. The number of unbranched alkanes of at least 4 members (excludes halogenated alkanes) is 6. The zero-order chi connectivity index (χ0) is 30.0. The molecule has 0 heterocycles. The average molecular weight is 573 g/mol. The van der Waals surface area contributed by atoms with Crippen molar-refractivity contribution in [2.75, 3.05) is 6.61 Å². The highest BCUT2D eigenvalue weighted by Gasteiger charge is 2.19. The summed E-state index contributed by atoms with van der Waals surface area (Å²) in [7, 11) is 0. The lowest BCUT2D eigenvalue weighted by molar-refractivity contribution is 0.101. The highest BCUT2D eigenvalue weighted by Crippen LogP contribution is 2.37. The Hall–Kier alpha value is -2.35. The third-order valence-electron chi connectivity index (χ3n) is 9.57. The molecule has 3 aliphatic carbocycles. The number of hydrogen-bond acceptors (Lipinski definition) is 2. The van der Waals surface area contributed by atoms with Gasteiger partial charge in [0.05, 0.1) is 12.4 Å². The Morgan fingerprint density at radius 2 is 1.26 bits per heavy atom. The number of benzene rings is 2. The van der Waals surface area contributed by atoms with Gasteiger partial charge in [0, 0.05) is 5.56 Å². The Bertz CT molecular complexity index is 1030. The first-order valence-corrected chi connectivity index (χ1v) is 17.5. The van der Waals surface area contributed by atoms with E-state index in [0.29, 0.717) is 0 Å². The molecular formula is C40H60O2. The number of allylic oxidation sites excluding steroid dienone is 2. The lowest BCUT2D eigenvalue weighted by Crippen LogP contribution is -2.10. The summed E-state index contributed by atoms with van der Waals surface area (Å²) in [5, 5.41) is 0. The number of carbonyl (C=O) groups excluding carboxylic acids is 1. The average Bonchev–Trinajstić information content (AvgIpc) is 2.92. The summed E-state index contributed by atoms with van der Waals surface area (Å²) in [6, 6.07) is 16.7. The van der Waals surface area contributed by atoms with Gasteiger partial charge >= 0.3 is 0 Å². The Kier molecular flexibility index (Phi) is 16.1. The van der Waals surface area contributed by atoms with Crippen LogP contribution in [0.15, 0.2) is 59.9 Å². The first-order chi connectivity index (χ1) is 20.5. The molecule has 2 heteroatoms. The third-order valence-corrected chi connectivity index (χ3v) is 9.57. The van der Waals surface area contributed by atoms with E-state index in [1.165, 1.54) is 138 Å². The molecule has 2 aromatic rings. The van der Waals surface area contributed by atoms with Crippen LogP contribution in [0.1, 0.15) is 165 Å². The summed E-state index contributed by atoms with van der Waals surface area (Å²) < 4.78 is 5.79. The smallest absolute Gasteiger partial charge is 0.159 e. The maximum absolute atomic E-state index is 11.3. The molecule has 2 aromatic carbocycles. The van der Waals surface area contributed by atoms with Crippen molar-refractivity contribution in [3.05, 3.63) is 71.0 Å². The molecule has 42 heavy (non-hydrogen) atoms. The summed E-state index contributed by atoms with van der Waals surface area (Å²) in [6.07, 6.45) is 25.0. The van der Waals surface area contributed by atoms with Crippen LogP contribution in [0.5, 0.6) is 0 Å². The van der Waals surface area contributed by atoms with Gasteiger partial charge in [-0.2, -0.15) is 0 Å². The second-order valence-corrected chi connectivity index (χ2v) is 13.0. The normalized spacial score (nSPS) is 16.0. The van der Waals surface area contributed by atoms with Crippen LogP contribution < -0.4 is 0 Å². The van der Waals surface area contributed by atoms with Gasteiger partial charge in [-0.25, -0.2) is 0 Å². The molecule has 3 aliphatic rings. The van der Waals surface area contributed by atoms with Crippen molar-refractivity contribution < 1.29 is 9.53 Å². The van der Waals surface area contributed by atoms with Gasteiger partial charge in [0.15, 0.2) is 5.78 Å². The zero-order valence-electron chi connectivity index (χ0n) is 27.5. The van der Waals surface area contributed by atoms with E-state index in [1.54, 1.807) is 12.5 Å². The molecule has 2 nitrogen and oxygen atoms in total. The van der Waals surface area contributed by atoms with Crippen LogP contribution in [0.3, 0.4) is 0 Å². The van der Waals surface area contributed by atoms with Crippen LogP contribution in [-0.4, -0.2) is 12.4 Å². The minimum absolute atomic E-state index is 0.117. The van der Waals surface area contributed by atoms with E-state index in [-0.39, 0.29) is 5.78 Å². The van der Waals surface area contributed by atoms with E-state index in [4.69, 9.17) is 4.74 Å². The third kappa shape index (κ3) is 12.1. The summed E-state index contributed by atoms with van der Waals surface area (Å²) >= 11 is 0. The summed E-state index contributed by atoms with van der Waals surface area (Å²) in [4.78, 5) is 11.3. The number of ketones is 1. The molecule has 3 saturated carbocycles. The number of carbonyl (C=O) groups is 1. The van der Waals surface area contributed by atoms with Gasteiger partial charge in [-0.05, 0) is 86.5 Å². The van der Waals surface area contributed by atoms with Crippen LogP contribution in [0.25, 0.3) is 11.1 Å². The molecule has 0 amide bonds. The first kappa shape index (κ1) is 34.1. The molecule has 5 rings (SSSR count). The molecule has 0 spiro atoms. The minimum Gasteiger partial charge on any atom is -0.498 e. The second-order valence-electron chi connectivity index (χ2n) is 13.0. The number of hydrogen-bond donors (Lipinski definition) is 0. The Morgan fingerprint density at radius 3 is 1.71 bits per heavy atom. The van der Waals surface area contributed by atoms with Crippen LogP contribution in [0, 0.1) is 5.92 Å². The van der Waals surface area contributed by atoms with Crippen LogP contribution in [0.2, 0.25) is 0 Å². The van der Waals surface area contributed by atoms with Gasteiger partial charge < -0.3 is 4.74 Å². The van der Waals surface area contributed by atoms with Crippen molar-refractivity contribution in [2.45, 2.75) is 149 Å². The van der Waals surface area contributed by atoms with Crippen molar-refractivity contribution in [1.29, 1.82) is 0 Å². The second kappa shape index (κ2) is 19.8. The highest BCUT2D eigenvalue weighted by molar-refractivity contribution is 5.94. The quantitative estimate of drug-likeness (QED) is 0.128. The van der Waals surface area contributed by atoms with Gasteiger partial charge in [0.1, 0.15) is 0 Å². The van der Waals surface area contributed by atoms with Gasteiger partial charge in [-0.1, -0.05) is 139 Å². The maximum Gasteiger partial charge on any atom is 0.159 e. The van der Waals surface area contributed by atoms with E-state index in [1.807, 2.05) is 24.3 Å². The van der Waals surface area contributed by atoms with E-state index < -0.39 is 0 Å². The first-order valence-electron chi connectivity index (χ1n) is 17.5. The Labute approximate surface area is 258 Å². The van der Waals surface area contributed by atoms with E-state index in [2.05, 4.69) is 45.0 Å². The molecule has 0 aliphatic heterocycles. The molecular weight excluding hydrogens is 512 g/mol. The monoisotopic (exact) mass is 572 g/mol. The number of Topliss-reactive ketones (excluding diaryl/α,β-unsaturated/α-hetero) is 1. The number of rotatable bonds is 14. The van der Waals surface area contributed by atoms with E-state index in [0.717, 1.165) is 24.0 Å². The van der Waals surface area contributed by atoms with Crippen molar-refractivity contribution in [3.8, 4) is 11.1 Å². The summed E-state index contributed by atoms with van der Waals surface area (Å²) in [5.74, 6) is 3.23. The molecule has 0 unspecified atom stereocenters. The lowest BCUT2D eigenvalue weighted by Gasteiger charge is -2.25. The van der Waals surface area contributed by atoms with Crippen LogP contribution in [0.4, 0.5) is 0 Å². The van der Waals surface area contributed by atoms with E-state index in [9.17, 15) is 4.79 Å².